The first-order valence-corrected chi connectivity index (χ1v) is 5.99. The molecule has 21 heavy (non-hydrogen) atoms. The lowest BCUT2D eigenvalue weighted by molar-refractivity contribution is -0.292. The Balaban J connectivity index is 2.41. The fraction of sp³-hybridized carbons (Fsp3) is 0.500. The van der Waals surface area contributed by atoms with Crippen molar-refractivity contribution in [1.29, 1.82) is 0 Å². The first-order chi connectivity index (χ1) is 9.64. The van der Waals surface area contributed by atoms with E-state index in [1.165, 1.54) is 12.1 Å². The zero-order valence-corrected chi connectivity index (χ0v) is 10.6. The molecule has 0 saturated carbocycles. The van der Waals surface area contributed by atoms with Gasteiger partial charge in [0.05, 0.1) is 12.6 Å². The molecule has 0 saturated heterocycles. The smallest absolute Gasteiger partial charge is 0.402 e. The van der Waals surface area contributed by atoms with Crippen LogP contribution in [-0.2, 0) is 6.42 Å². The maximum absolute atomic E-state index is 12.8. The van der Waals surface area contributed by atoms with Crippen molar-refractivity contribution in [2.45, 2.75) is 24.8 Å². The molecule has 0 fully saturated rings. The van der Waals surface area contributed by atoms with Gasteiger partial charge in [-0.25, -0.2) is 0 Å². The summed E-state index contributed by atoms with van der Waals surface area (Å²) in [7, 11) is 0. The average molecular weight is 314 g/mol. The van der Waals surface area contributed by atoms with Gasteiger partial charge in [-0.05, 0) is 17.2 Å². The predicted molar refractivity (Wildman–Crippen MR) is 61.3 cm³/mol. The van der Waals surface area contributed by atoms with Crippen LogP contribution in [0.1, 0.15) is 17.2 Å². The van der Waals surface area contributed by atoms with Gasteiger partial charge in [-0.15, -0.1) is 0 Å². The predicted octanol–water partition coefficient (Wildman–Crippen LogP) is 2.87. The monoisotopic (exact) mass is 314 g/mol. The molecule has 1 atom stereocenters. The van der Waals surface area contributed by atoms with Crippen LogP contribution < -0.4 is 16.0 Å². The highest BCUT2D eigenvalue weighted by Crippen LogP contribution is 2.46. The lowest BCUT2D eigenvalue weighted by Gasteiger charge is -2.30. The van der Waals surface area contributed by atoms with E-state index >= 15 is 0 Å². The molecule has 1 aliphatic heterocycles. The van der Waals surface area contributed by atoms with Crippen molar-refractivity contribution in [3.8, 4) is 5.75 Å². The van der Waals surface area contributed by atoms with E-state index in [1.54, 1.807) is 5.43 Å². The van der Waals surface area contributed by atoms with Crippen LogP contribution in [0.2, 0.25) is 0 Å². The Hall–Kier alpha value is -1.48. The first-order valence-electron chi connectivity index (χ1n) is 5.99. The summed E-state index contributed by atoms with van der Waals surface area (Å²) < 4.78 is 81.8. The molecular formula is C12H12F6N2O. The molecule has 3 nitrogen and oxygen atoms in total. The summed E-state index contributed by atoms with van der Waals surface area (Å²) in [4.78, 5) is 0. The van der Waals surface area contributed by atoms with Crippen LogP contribution in [0.5, 0.6) is 5.75 Å². The molecular weight excluding hydrogens is 302 g/mol. The molecule has 0 aliphatic carbocycles. The van der Waals surface area contributed by atoms with E-state index < -0.39 is 24.3 Å². The minimum Gasteiger partial charge on any atom is -0.493 e. The van der Waals surface area contributed by atoms with E-state index in [4.69, 9.17) is 10.6 Å². The fourth-order valence-corrected chi connectivity index (χ4v) is 2.35. The van der Waals surface area contributed by atoms with Crippen molar-refractivity contribution < 1.29 is 31.1 Å². The van der Waals surface area contributed by atoms with Gasteiger partial charge in [-0.3, -0.25) is 11.3 Å². The summed E-state index contributed by atoms with van der Waals surface area (Å²) >= 11 is 0. The molecule has 1 aromatic rings. The number of halogens is 6. The zero-order chi connectivity index (χ0) is 15.8. The lowest BCUT2D eigenvalue weighted by Crippen LogP contribution is -2.47. The minimum absolute atomic E-state index is 0.179. The summed E-state index contributed by atoms with van der Waals surface area (Å²) in [6.07, 6.45) is -10.5. The molecule has 0 amide bonds. The van der Waals surface area contributed by atoms with Crippen molar-refractivity contribution in [3.05, 3.63) is 29.3 Å². The second-order valence-electron chi connectivity index (χ2n) is 4.67. The Morgan fingerprint density at radius 2 is 1.71 bits per heavy atom. The maximum atomic E-state index is 12.8. The van der Waals surface area contributed by atoms with Gasteiger partial charge in [0, 0.05) is 6.42 Å². The molecule has 118 valence electrons. The molecule has 0 aromatic heterocycles. The summed E-state index contributed by atoms with van der Waals surface area (Å²) in [5.74, 6) is 1.84. The van der Waals surface area contributed by atoms with Gasteiger partial charge < -0.3 is 4.74 Å². The van der Waals surface area contributed by atoms with Gasteiger partial charge in [0.2, 0.25) is 0 Å². The Morgan fingerprint density at radius 3 is 2.24 bits per heavy atom. The van der Waals surface area contributed by atoms with Crippen LogP contribution in [0.25, 0.3) is 0 Å². The number of rotatable bonds is 3. The molecule has 9 heteroatoms. The van der Waals surface area contributed by atoms with E-state index in [1.807, 2.05) is 0 Å². The van der Waals surface area contributed by atoms with E-state index in [2.05, 4.69) is 0 Å². The number of hydrogen-bond acceptors (Lipinski definition) is 3. The van der Waals surface area contributed by atoms with Crippen molar-refractivity contribution in [2.75, 3.05) is 6.61 Å². The quantitative estimate of drug-likeness (QED) is 0.512. The molecule has 1 unspecified atom stereocenters. The normalized spacial score (nSPS) is 16.8. The largest absolute Gasteiger partial charge is 0.493 e. The van der Waals surface area contributed by atoms with Crippen LogP contribution in [-0.4, -0.2) is 19.0 Å². The standard InChI is InChI=1S/C12H12F6N2O/c13-11(14,15)10(12(16,17)18)9(20-19)7-1-2-8-6(5-7)3-4-21-8/h1-2,5,9-10,20H,3-4,19H2. The highest BCUT2D eigenvalue weighted by atomic mass is 19.4. The van der Waals surface area contributed by atoms with Gasteiger partial charge in [-0.1, -0.05) is 12.1 Å². The summed E-state index contributed by atoms with van der Waals surface area (Å²) in [5.41, 5.74) is 2.03. The fourth-order valence-electron chi connectivity index (χ4n) is 2.35. The van der Waals surface area contributed by atoms with Crippen LogP contribution in [0, 0.1) is 5.92 Å². The number of hydrogen-bond donors (Lipinski definition) is 2. The third-order valence-electron chi connectivity index (χ3n) is 3.29. The molecule has 0 radical (unpaired) electrons. The maximum Gasteiger partial charge on any atom is 0.402 e. The molecule has 3 N–H and O–H groups in total. The number of fused-ring (bicyclic) bond motifs is 1. The van der Waals surface area contributed by atoms with Crippen LogP contribution in [0.15, 0.2) is 18.2 Å². The molecule has 0 bridgehead atoms. The number of ether oxygens (including phenoxy) is 1. The molecule has 0 spiro atoms. The number of nitrogens with one attached hydrogen (secondary N) is 1. The Morgan fingerprint density at radius 1 is 1.10 bits per heavy atom. The van der Waals surface area contributed by atoms with E-state index in [0.717, 1.165) is 6.07 Å². The average Bonchev–Trinajstić information content (AvgIpc) is 2.79. The Kier molecular flexibility index (Phi) is 4.07. The topological polar surface area (TPSA) is 47.3 Å². The SMILES string of the molecule is NNC(c1ccc2c(c1)CCO2)C(C(F)(F)F)C(F)(F)F. The highest BCUT2D eigenvalue weighted by molar-refractivity contribution is 5.41. The van der Waals surface area contributed by atoms with E-state index in [-0.39, 0.29) is 5.56 Å². The lowest BCUT2D eigenvalue weighted by atomic mass is 9.91. The van der Waals surface area contributed by atoms with Crippen molar-refractivity contribution in [3.63, 3.8) is 0 Å². The van der Waals surface area contributed by atoms with Gasteiger partial charge in [-0.2, -0.15) is 26.3 Å². The van der Waals surface area contributed by atoms with Crippen molar-refractivity contribution >= 4 is 0 Å². The summed E-state index contributed by atoms with van der Waals surface area (Å²) in [6, 6.07) is 1.65. The minimum atomic E-state index is -5.47. The van der Waals surface area contributed by atoms with Gasteiger partial charge in [0.15, 0.2) is 5.92 Å². The van der Waals surface area contributed by atoms with Crippen LogP contribution in [0.3, 0.4) is 0 Å². The number of alkyl halides is 6. The number of nitrogens with two attached hydrogens (primary N) is 1. The van der Waals surface area contributed by atoms with E-state index in [0.29, 0.717) is 24.3 Å². The van der Waals surface area contributed by atoms with Gasteiger partial charge in [0.1, 0.15) is 5.75 Å². The van der Waals surface area contributed by atoms with Crippen LogP contribution >= 0.6 is 0 Å². The summed E-state index contributed by atoms with van der Waals surface area (Å²) in [5, 5.41) is 0. The van der Waals surface area contributed by atoms with E-state index in [9.17, 15) is 26.3 Å². The molecule has 1 heterocycles. The first kappa shape index (κ1) is 15.9. The van der Waals surface area contributed by atoms with Gasteiger partial charge >= 0.3 is 12.4 Å². The Bertz CT molecular complexity index is 499. The number of hydrazine groups is 1. The second-order valence-corrected chi connectivity index (χ2v) is 4.67. The Labute approximate surface area is 116 Å². The van der Waals surface area contributed by atoms with Crippen molar-refractivity contribution in [2.24, 2.45) is 11.8 Å². The van der Waals surface area contributed by atoms with Crippen LogP contribution in [0.4, 0.5) is 26.3 Å². The highest BCUT2D eigenvalue weighted by Gasteiger charge is 2.60. The van der Waals surface area contributed by atoms with Gasteiger partial charge in [0.25, 0.3) is 0 Å². The molecule has 1 aromatic carbocycles. The number of benzene rings is 1. The molecule has 2 rings (SSSR count). The third-order valence-corrected chi connectivity index (χ3v) is 3.29. The van der Waals surface area contributed by atoms with Crippen molar-refractivity contribution in [1.82, 2.24) is 5.43 Å². The third kappa shape index (κ3) is 3.24. The second kappa shape index (κ2) is 5.38. The molecule has 1 aliphatic rings. The summed E-state index contributed by atoms with van der Waals surface area (Å²) in [6.45, 7) is 0.349. The zero-order valence-electron chi connectivity index (χ0n) is 10.6.